The van der Waals surface area contributed by atoms with Gasteiger partial charge in [0.1, 0.15) is 6.61 Å². The van der Waals surface area contributed by atoms with Crippen LogP contribution in [-0.2, 0) is 9.53 Å². The summed E-state index contributed by atoms with van der Waals surface area (Å²) in [7, 11) is 2.14. The number of ether oxygens (including phenoxy) is 1. The monoisotopic (exact) mass is 283 g/mol. The molecule has 0 aromatic heterocycles. The fourth-order valence-corrected chi connectivity index (χ4v) is 3.16. The van der Waals surface area contributed by atoms with Gasteiger partial charge in [-0.2, -0.15) is 0 Å². The van der Waals surface area contributed by atoms with Gasteiger partial charge in [-0.25, -0.2) is 0 Å². The zero-order valence-electron chi connectivity index (χ0n) is 12.9. The minimum Gasteiger partial charge on any atom is -0.368 e. The molecule has 0 bridgehead atoms. The summed E-state index contributed by atoms with van der Waals surface area (Å²) in [5.41, 5.74) is 0. The number of nitrogens with zero attached hydrogens (tertiary/aromatic N) is 2. The Balaban J connectivity index is 1.82. The second kappa shape index (κ2) is 7.96. The minimum atomic E-state index is 0.172. The third kappa shape index (κ3) is 4.43. The summed E-state index contributed by atoms with van der Waals surface area (Å²) in [4.78, 5) is 16.8. The Bertz CT molecular complexity index is 305. The fourth-order valence-electron chi connectivity index (χ4n) is 3.16. The molecule has 2 aliphatic heterocycles. The zero-order valence-corrected chi connectivity index (χ0v) is 12.9. The topological polar surface area (TPSA) is 44.8 Å². The molecule has 2 saturated heterocycles. The van der Waals surface area contributed by atoms with Gasteiger partial charge in [-0.05, 0) is 52.4 Å². The number of carbonyl (C=O) groups is 1. The molecule has 20 heavy (non-hydrogen) atoms. The quantitative estimate of drug-likeness (QED) is 0.825. The van der Waals surface area contributed by atoms with Gasteiger partial charge >= 0.3 is 0 Å². The Morgan fingerprint density at radius 2 is 2.05 bits per heavy atom. The van der Waals surface area contributed by atoms with E-state index in [1.165, 1.54) is 0 Å². The highest BCUT2D eigenvalue weighted by molar-refractivity contribution is 5.77. The van der Waals surface area contributed by atoms with Crippen molar-refractivity contribution in [2.75, 3.05) is 46.4 Å². The van der Waals surface area contributed by atoms with E-state index in [4.69, 9.17) is 4.74 Å². The first kappa shape index (κ1) is 15.7. The van der Waals surface area contributed by atoms with Gasteiger partial charge in [0.15, 0.2) is 0 Å². The summed E-state index contributed by atoms with van der Waals surface area (Å²) in [6.45, 7) is 7.36. The number of amides is 1. The maximum atomic E-state index is 12.4. The van der Waals surface area contributed by atoms with E-state index in [0.717, 1.165) is 58.4 Å². The second-order valence-corrected chi connectivity index (χ2v) is 6.03. The maximum Gasteiger partial charge on any atom is 0.248 e. The lowest BCUT2D eigenvalue weighted by atomic mass is 10.1. The number of likely N-dealkylation sites (N-methyl/N-ethyl adjacent to an activating group) is 1. The Labute approximate surface area is 122 Å². The largest absolute Gasteiger partial charge is 0.368 e. The summed E-state index contributed by atoms with van der Waals surface area (Å²) in [5.74, 6) is 0.172. The van der Waals surface area contributed by atoms with Gasteiger partial charge in [0.25, 0.3) is 0 Å². The lowest BCUT2D eigenvalue weighted by Gasteiger charge is -2.31. The molecule has 0 aromatic rings. The first-order valence-electron chi connectivity index (χ1n) is 8.01. The van der Waals surface area contributed by atoms with Crippen molar-refractivity contribution in [1.82, 2.24) is 15.1 Å². The van der Waals surface area contributed by atoms with E-state index in [1.54, 1.807) is 0 Å². The predicted molar refractivity (Wildman–Crippen MR) is 79.7 cm³/mol. The van der Waals surface area contributed by atoms with Crippen LogP contribution < -0.4 is 5.32 Å². The first-order valence-corrected chi connectivity index (χ1v) is 8.01. The number of nitrogens with one attached hydrogen (secondary N) is 1. The van der Waals surface area contributed by atoms with E-state index < -0.39 is 0 Å². The number of piperidine rings is 1. The molecular weight excluding hydrogens is 254 g/mol. The number of hydrogen-bond donors (Lipinski definition) is 1. The molecule has 2 rings (SSSR count). The molecule has 1 atom stereocenters. The molecule has 2 heterocycles. The van der Waals surface area contributed by atoms with Crippen molar-refractivity contribution < 1.29 is 9.53 Å². The van der Waals surface area contributed by atoms with Crippen LogP contribution in [0.4, 0.5) is 0 Å². The van der Waals surface area contributed by atoms with Crippen molar-refractivity contribution >= 4 is 5.91 Å². The SMILES string of the molecule is CCC1CN(C)CCCN1C(=O)COC1CCNCC1. The molecule has 5 heteroatoms. The van der Waals surface area contributed by atoms with Crippen molar-refractivity contribution in [3.8, 4) is 0 Å². The second-order valence-electron chi connectivity index (χ2n) is 6.03. The van der Waals surface area contributed by atoms with E-state index in [9.17, 15) is 4.79 Å². The molecule has 5 nitrogen and oxygen atoms in total. The van der Waals surface area contributed by atoms with Crippen LogP contribution in [0.2, 0.25) is 0 Å². The lowest BCUT2D eigenvalue weighted by molar-refractivity contribution is -0.141. The van der Waals surface area contributed by atoms with Crippen molar-refractivity contribution in [2.45, 2.75) is 44.8 Å². The maximum absolute atomic E-state index is 12.4. The van der Waals surface area contributed by atoms with Crippen molar-refractivity contribution in [2.24, 2.45) is 0 Å². The summed E-state index contributed by atoms with van der Waals surface area (Å²) < 4.78 is 5.81. The molecule has 0 aromatic carbocycles. The average molecular weight is 283 g/mol. The van der Waals surface area contributed by atoms with Gasteiger partial charge in [-0.15, -0.1) is 0 Å². The van der Waals surface area contributed by atoms with E-state index in [1.807, 2.05) is 4.90 Å². The van der Waals surface area contributed by atoms with Gasteiger partial charge in [-0.3, -0.25) is 4.79 Å². The average Bonchev–Trinajstić information content (AvgIpc) is 2.67. The molecule has 0 aliphatic carbocycles. The first-order chi connectivity index (χ1) is 9.70. The van der Waals surface area contributed by atoms with Crippen molar-refractivity contribution in [1.29, 1.82) is 0 Å². The van der Waals surface area contributed by atoms with Gasteiger partial charge < -0.3 is 19.9 Å². The summed E-state index contributed by atoms with van der Waals surface area (Å²) in [6.07, 6.45) is 4.38. The molecule has 1 unspecified atom stereocenters. The van der Waals surface area contributed by atoms with Crippen molar-refractivity contribution in [3.63, 3.8) is 0 Å². The molecule has 2 fully saturated rings. The highest BCUT2D eigenvalue weighted by Crippen LogP contribution is 2.13. The van der Waals surface area contributed by atoms with Crippen LogP contribution in [0, 0.1) is 0 Å². The van der Waals surface area contributed by atoms with Crippen LogP contribution in [0.3, 0.4) is 0 Å². The smallest absolute Gasteiger partial charge is 0.248 e. The van der Waals surface area contributed by atoms with E-state index in [-0.39, 0.29) is 18.6 Å². The molecule has 0 spiro atoms. The van der Waals surface area contributed by atoms with Crippen LogP contribution in [-0.4, -0.2) is 74.2 Å². The van der Waals surface area contributed by atoms with Gasteiger partial charge in [-0.1, -0.05) is 6.92 Å². The predicted octanol–water partition coefficient (Wildman–Crippen LogP) is 0.698. The number of carbonyl (C=O) groups excluding carboxylic acids is 1. The van der Waals surface area contributed by atoms with Crippen LogP contribution >= 0.6 is 0 Å². The highest BCUT2D eigenvalue weighted by atomic mass is 16.5. The zero-order chi connectivity index (χ0) is 14.4. The molecule has 1 N–H and O–H groups in total. The Morgan fingerprint density at radius 1 is 1.30 bits per heavy atom. The van der Waals surface area contributed by atoms with Crippen LogP contribution in [0.25, 0.3) is 0 Å². The molecule has 0 radical (unpaired) electrons. The van der Waals surface area contributed by atoms with Gasteiger partial charge in [0.05, 0.1) is 6.10 Å². The minimum absolute atomic E-state index is 0.172. The van der Waals surface area contributed by atoms with Gasteiger partial charge in [0.2, 0.25) is 5.91 Å². The molecular formula is C15H29N3O2. The highest BCUT2D eigenvalue weighted by Gasteiger charge is 2.26. The van der Waals surface area contributed by atoms with Crippen molar-refractivity contribution in [3.05, 3.63) is 0 Å². The molecule has 2 aliphatic rings. The fraction of sp³-hybridized carbons (Fsp3) is 0.933. The Morgan fingerprint density at radius 3 is 2.75 bits per heavy atom. The Kier molecular flexibility index (Phi) is 6.26. The number of rotatable bonds is 4. The lowest BCUT2D eigenvalue weighted by Crippen LogP contribution is -2.45. The summed E-state index contributed by atoms with van der Waals surface area (Å²) >= 11 is 0. The molecule has 1 amide bonds. The van der Waals surface area contributed by atoms with Crippen LogP contribution in [0.1, 0.15) is 32.6 Å². The third-order valence-electron chi connectivity index (χ3n) is 4.42. The standard InChI is InChI=1S/C15H29N3O2/c1-3-13-11-17(2)9-4-10-18(13)15(19)12-20-14-5-7-16-8-6-14/h13-14,16H,3-12H2,1-2H3. The Hall–Kier alpha value is -0.650. The summed E-state index contributed by atoms with van der Waals surface area (Å²) in [6, 6.07) is 0.339. The van der Waals surface area contributed by atoms with E-state index in [0.29, 0.717) is 6.04 Å². The van der Waals surface area contributed by atoms with E-state index in [2.05, 4.69) is 24.2 Å². The van der Waals surface area contributed by atoms with Gasteiger partial charge in [0, 0.05) is 19.1 Å². The van der Waals surface area contributed by atoms with E-state index >= 15 is 0 Å². The van der Waals surface area contributed by atoms with Crippen LogP contribution in [0.15, 0.2) is 0 Å². The third-order valence-corrected chi connectivity index (χ3v) is 4.42. The number of hydrogen-bond acceptors (Lipinski definition) is 4. The molecule has 116 valence electrons. The normalized spacial score (nSPS) is 26.5. The van der Waals surface area contributed by atoms with Crippen LogP contribution in [0.5, 0.6) is 0 Å². The summed E-state index contributed by atoms with van der Waals surface area (Å²) in [5, 5.41) is 3.31. The molecule has 0 saturated carbocycles.